The molecule has 2 aromatic rings. The average Bonchev–Trinajstić information content (AvgIpc) is 2.72. The van der Waals surface area contributed by atoms with Gasteiger partial charge >= 0.3 is 6.01 Å². The molecule has 0 bridgehead atoms. The van der Waals surface area contributed by atoms with Crippen LogP contribution in [-0.2, 0) is 11.3 Å². The van der Waals surface area contributed by atoms with Crippen LogP contribution in [0.5, 0.6) is 6.01 Å². The Morgan fingerprint density at radius 3 is 2.62 bits per heavy atom. The molecule has 1 fully saturated rings. The molecule has 1 N–H and O–H groups in total. The fourth-order valence-electron chi connectivity index (χ4n) is 2.47. The van der Waals surface area contributed by atoms with Gasteiger partial charge in [0.15, 0.2) is 5.82 Å². The highest BCUT2D eigenvalue weighted by molar-refractivity contribution is 7.98. The Kier molecular flexibility index (Phi) is 6.24. The van der Waals surface area contributed by atoms with E-state index in [9.17, 15) is 4.79 Å². The zero-order valence-electron chi connectivity index (χ0n) is 14.8. The molecule has 26 heavy (non-hydrogen) atoms. The van der Waals surface area contributed by atoms with Gasteiger partial charge in [0.25, 0.3) is 5.91 Å². The van der Waals surface area contributed by atoms with Crippen molar-refractivity contribution < 1.29 is 14.3 Å². The first-order valence-corrected chi connectivity index (χ1v) is 9.46. The van der Waals surface area contributed by atoms with Crippen LogP contribution in [0.2, 0.25) is 0 Å². The Balaban J connectivity index is 1.68. The predicted octanol–water partition coefficient (Wildman–Crippen LogP) is 1.37. The molecule has 9 heteroatoms. The van der Waals surface area contributed by atoms with Gasteiger partial charge in [-0.1, -0.05) is 0 Å². The molecule has 1 amide bonds. The van der Waals surface area contributed by atoms with Crippen molar-refractivity contribution in [1.82, 2.24) is 20.3 Å². The van der Waals surface area contributed by atoms with Crippen LogP contribution in [-0.4, -0.2) is 60.5 Å². The highest BCUT2D eigenvalue weighted by Crippen LogP contribution is 2.16. The fraction of sp³-hybridized carbons (Fsp3) is 0.412. The first-order valence-electron chi connectivity index (χ1n) is 8.23. The normalized spacial score (nSPS) is 14.2. The van der Waals surface area contributed by atoms with Crippen molar-refractivity contribution >= 4 is 23.6 Å². The highest BCUT2D eigenvalue weighted by atomic mass is 32.2. The number of methoxy groups -OCH3 is 1. The lowest BCUT2D eigenvalue weighted by Crippen LogP contribution is -2.37. The van der Waals surface area contributed by atoms with E-state index in [0.29, 0.717) is 43.6 Å². The molecule has 1 aromatic carbocycles. The van der Waals surface area contributed by atoms with Crippen molar-refractivity contribution in [3.05, 3.63) is 35.7 Å². The monoisotopic (exact) mass is 375 g/mol. The summed E-state index contributed by atoms with van der Waals surface area (Å²) in [5, 5.41) is 2.84. The predicted molar refractivity (Wildman–Crippen MR) is 98.8 cm³/mol. The zero-order valence-corrected chi connectivity index (χ0v) is 15.6. The van der Waals surface area contributed by atoms with Crippen LogP contribution in [0.4, 0.5) is 5.95 Å². The lowest BCUT2D eigenvalue weighted by molar-refractivity contribution is 0.0949. The summed E-state index contributed by atoms with van der Waals surface area (Å²) < 4.78 is 10.5. The standard InChI is InChI=1S/C17H21N5O3S/c1-24-17-20-14(19-16(21-17)22-7-9-25-10-8-22)11-18-15(23)12-3-5-13(26-2)6-4-12/h3-6H,7-11H2,1-2H3,(H,18,23). The second kappa shape index (κ2) is 8.81. The summed E-state index contributed by atoms with van der Waals surface area (Å²) in [4.78, 5) is 28.4. The first kappa shape index (κ1) is 18.4. The van der Waals surface area contributed by atoms with Gasteiger partial charge in [0, 0.05) is 23.5 Å². The zero-order chi connectivity index (χ0) is 18.4. The summed E-state index contributed by atoms with van der Waals surface area (Å²) in [6.45, 7) is 2.87. The molecule has 0 aliphatic carbocycles. The number of anilines is 1. The minimum atomic E-state index is -0.176. The number of nitrogens with zero attached hydrogens (tertiary/aromatic N) is 4. The molecular weight excluding hydrogens is 354 g/mol. The third-order valence-corrected chi connectivity index (χ3v) is 4.63. The van der Waals surface area contributed by atoms with Crippen molar-refractivity contribution in [2.24, 2.45) is 0 Å². The van der Waals surface area contributed by atoms with Crippen molar-refractivity contribution in [2.45, 2.75) is 11.4 Å². The Hall–Kier alpha value is -2.39. The molecule has 1 aromatic heterocycles. The molecule has 0 atom stereocenters. The molecule has 0 unspecified atom stereocenters. The maximum Gasteiger partial charge on any atom is 0.321 e. The van der Waals surface area contributed by atoms with E-state index in [0.717, 1.165) is 4.90 Å². The van der Waals surface area contributed by atoms with Gasteiger partial charge < -0.3 is 19.7 Å². The van der Waals surface area contributed by atoms with E-state index in [-0.39, 0.29) is 18.5 Å². The smallest absolute Gasteiger partial charge is 0.321 e. The molecule has 1 aliphatic rings. The van der Waals surface area contributed by atoms with Crippen LogP contribution in [0, 0.1) is 0 Å². The van der Waals surface area contributed by atoms with Gasteiger partial charge in [-0.25, -0.2) is 0 Å². The molecule has 8 nitrogen and oxygen atoms in total. The van der Waals surface area contributed by atoms with E-state index in [1.165, 1.54) is 7.11 Å². The number of aromatic nitrogens is 3. The largest absolute Gasteiger partial charge is 0.467 e. The van der Waals surface area contributed by atoms with Crippen LogP contribution < -0.4 is 15.0 Å². The fourth-order valence-corrected chi connectivity index (χ4v) is 2.87. The Morgan fingerprint density at radius 1 is 1.23 bits per heavy atom. The minimum Gasteiger partial charge on any atom is -0.467 e. The van der Waals surface area contributed by atoms with Crippen molar-refractivity contribution in [1.29, 1.82) is 0 Å². The Bertz CT molecular complexity index is 751. The first-order chi connectivity index (χ1) is 12.7. The summed E-state index contributed by atoms with van der Waals surface area (Å²) in [5.41, 5.74) is 0.595. The molecule has 1 saturated heterocycles. The number of carbonyl (C=O) groups excluding carboxylic acids is 1. The molecule has 0 spiro atoms. The van der Waals surface area contributed by atoms with E-state index in [2.05, 4.69) is 20.3 Å². The van der Waals surface area contributed by atoms with Crippen LogP contribution in [0.15, 0.2) is 29.2 Å². The molecule has 0 radical (unpaired) electrons. The van der Waals surface area contributed by atoms with Gasteiger partial charge in [0.2, 0.25) is 5.95 Å². The molecule has 1 aliphatic heterocycles. The molecule has 0 saturated carbocycles. The van der Waals surface area contributed by atoms with E-state index in [1.807, 2.05) is 23.3 Å². The van der Waals surface area contributed by atoms with E-state index >= 15 is 0 Å². The number of ether oxygens (including phenoxy) is 2. The van der Waals surface area contributed by atoms with Gasteiger partial charge in [0.05, 0.1) is 26.9 Å². The summed E-state index contributed by atoms with van der Waals surface area (Å²) in [6, 6.07) is 7.67. The van der Waals surface area contributed by atoms with Gasteiger partial charge in [-0.05, 0) is 30.5 Å². The number of morpholine rings is 1. The third kappa shape index (κ3) is 4.61. The lowest BCUT2D eigenvalue weighted by Gasteiger charge is -2.26. The van der Waals surface area contributed by atoms with E-state index < -0.39 is 0 Å². The number of hydrogen-bond acceptors (Lipinski definition) is 8. The third-order valence-electron chi connectivity index (χ3n) is 3.89. The number of hydrogen-bond donors (Lipinski definition) is 1. The quantitative estimate of drug-likeness (QED) is 0.757. The SMILES string of the molecule is COc1nc(CNC(=O)c2ccc(SC)cc2)nc(N2CCOCC2)n1. The molecule has 138 valence electrons. The number of benzene rings is 1. The number of rotatable bonds is 6. The highest BCUT2D eigenvalue weighted by Gasteiger charge is 2.17. The maximum atomic E-state index is 12.3. The van der Waals surface area contributed by atoms with Crippen LogP contribution in [0.25, 0.3) is 0 Å². The lowest BCUT2D eigenvalue weighted by atomic mass is 10.2. The van der Waals surface area contributed by atoms with Crippen molar-refractivity contribution in [2.75, 3.05) is 44.6 Å². The number of nitrogens with one attached hydrogen (secondary N) is 1. The van der Waals surface area contributed by atoms with Gasteiger partial charge in [0.1, 0.15) is 0 Å². The number of amides is 1. The minimum absolute atomic E-state index is 0.176. The van der Waals surface area contributed by atoms with Gasteiger partial charge in [-0.15, -0.1) is 11.8 Å². The average molecular weight is 375 g/mol. The molecule has 3 rings (SSSR count). The summed E-state index contributed by atoms with van der Waals surface area (Å²) in [5.74, 6) is 0.811. The topological polar surface area (TPSA) is 89.5 Å². The Morgan fingerprint density at radius 2 is 1.96 bits per heavy atom. The second-order valence-corrected chi connectivity index (χ2v) is 6.43. The maximum absolute atomic E-state index is 12.3. The number of thioether (sulfide) groups is 1. The van der Waals surface area contributed by atoms with Gasteiger partial charge in [-0.3, -0.25) is 4.79 Å². The van der Waals surface area contributed by atoms with Crippen LogP contribution in [0.1, 0.15) is 16.2 Å². The van der Waals surface area contributed by atoms with Gasteiger partial charge in [-0.2, -0.15) is 15.0 Å². The Labute approximate surface area is 156 Å². The molecular formula is C17H21N5O3S. The van der Waals surface area contributed by atoms with Crippen molar-refractivity contribution in [3.63, 3.8) is 0 Å². The van der Waals surface area contributed by atoms with Crippen LogP contribution in [0.3, 0.4) is 0 Å². The second-order valence-electron chi connectivity index (χ2n) is 5.55. The number of carbonyl (C=O) groups is 1. The van der Waals surface area contributed by atoms with Crippen molar-refractivity contribution in [3.8, 4) is 6.01 Å². The van der Waals surface area contributed by atoms with Crippen LogP contribution >= 0.6 is 11.8 Å². The van der Waals surface area contributed by atoms with E-state index in [1.54, 1.807) is 23.9 Å². The summed E-state index contributed by atoms with van der Waals surface area (Å²) in [7, 11) is 1.51. The summed E-state index contributed by atoms with van der Waals surface area (Å²) >= 11 is 1.63. The van der Waals surface area contributed by atoms with E-state index in [4.69, 9.17) is 9.47 Å². The summed E-state index contributed by atoms with van der Waals surface area (Å²) in [6.07, 6.45) is 2.00. The molecule has 2 heterocycles.